The summed E-state index contributed by atoms with van der Waals surface area (Å²) in [6, 6.07) is 3.94. The standard InChI is InChI=1S/C11H14BrF2NO4S/c1-19-10-3-2-8(6-9(10)12)20(17,18)15(4-5-16)7-11(13)14/h2-3,6,11,16H,4-5,7H2,1H3. The highest BCUT2D eigenvalue weighted by molar-refractivity contribution is 9.10. The molecule has 0 aliphatic carbocycles. The van der Waals surface area contributed by atoms with E-state index in [0.717, 1.165) is 0 Å². The van der Waals surface area contributed by atoms with Crippen LogP contribution < -0.4 is 4.74 Å². The van der Waals surface area contributed by atoms with Gasteiger partial charge < -0.3 is 9.84 Å². The summed E-state index contributed by atoms with van der Waals surface area (Å²) in [5.41, 5.74) is 0. The van der Waals surface area contributed by atoms with Crippen LogP contribution in [-0.4, -0.2) is 51.1 Å². The molecular formula is C11H14BrF2NO4S. The van der Waals surface area contributed by atoms with Crippen LogP contribution in [0.15, 0.2) is 27.6 Å². The molecule has 114 valence electrons. The molecule has 0 amide bonds. The van der Waals surface area contributed by atoms with Crippen molar-refractivity contribution in [2.24, 2.45) is 0 Å². The smallest absolute Gasteiger partial charge is 0.252 e. The summed E-state index contributed by atoms with van der Waals surface area (Å²) >= 11 is 3.13. The van der Waals surface area contributed by atoms with Gasteiger partial charge in [-0.2, -0.15) is 4.31 Å². The number of hydrogen-bond donors (Lipinski definition) is 1. The molecule has 0 spiro atoms. The minimum atomic E-state index is -4.10. The fraction of sp³-hybridized carbons (Fsp3) is 0.455. The molecule has 0 saturated carbocycles. The van der Waals surface area contributed by atoms with Crippen LogP contribution >= 0.6 is 15.9 Å². The molecular weight excluding hydrogens is 360 g/mol. The van der Waals surface area contributed by atoms with Crippen molar-refractivity contribution in [2.45, 2.75) is 11.3 Å². The lowest BCUT2D eigenvalue weighted by Crippen LogP contribution is -2.37. The zero-order chi connectivity index (χ0) is 15.3. The predicted octanol–water partition coefficient (Wildman–Crippen LogP) is 1.71. The summed E-state index contributed by atoms with van der Waals surface area (Å²) in [5.74, 6) is 0.423. The van der Waals surface area contributed by atoms with Gasteiger partial charge in [0.05, 0.1) is 29.6 Å². The number of alkyl halides is 2. The molecule has 1 aromatic rings. The van der Waals surface area contributed by atoms with E-state index in [1.807, 2.05) is 0 Å². The second-order valence-corrected chi connectivity index (χ2v) is 6.57. The average molecular weight is 374 g/mol. The average Bonchev–Trinajstić information content (AvgIpc) is 2.37. The highest BCUT2D eigenvalue weighted by Gasteiger charge is 2.27. The summed E-state index contributed by atoms with van der Waals surface area (Å²) in [6.07, 6.45) is -2.82. The lowest BCUT2D eigenvalue weighted by molar-refractivity contribution is 0.113. The van der Waals surface area contributed by atoms with E-state index >= 15 is 0 Å². The Morgan fingerprint density at radius 3 is 2.55 bits per heavy atom. The van der Waals surface area contributed by atoms with Crippen molar-refractivity contribution in [1.29, 1.82) is 0 Å². The molecule has 0 unspecified atom stereocenters. The highest BCUT2D eigenvalue weighted by atomic mass is 79.9. The van der Waals surface area contributed by atoms with Crippen molar-refractivity contribution < 1.29 is 27.0 Å². The third kappa shape index (κ3) is 4.11. The summed E-state index contributed by atoms with van der Waals surface area (Å²) in [6.45, 7) is -1.90. The SMILES string of the molecule is COc1ccc(S(=O)(=O)N(CCO)CC(F)F)cc1Br. The van der Waals surface area contributed by atoms with Crippen molar-refractivity contribution in [3.8, 4) is 5.75 Å². The molecule has 0 fully saturated rings. The van der Waals surface area contributed by atoms with Crippen molar-refractivity contribution in [1.82, 2.24) is 4.31 Å². The molecule has 1 rings (SSSR count). The molecule has 0 bridgehead atoms. The molecule has 1 aromatic carbocycles. The zero-order valence-electron chi connectivity index (χ0n) is 10.6. The number of nitrogens with zero attached hydrogens (tertiary/aromatic N) is 1. The Morgan fingerprint density at radius 1 is 1.45 bits per heavy atom. The van der Waals surface area contributed by atoms with Crippen molar-refractivity contribution >= 4 is 26.0 Å². The van der Waals surface area contributed by atoms with Gasteiger partial charge in [0.15, 0.2) is 0 Å². The second-order valence-electron chi connectivity index (χ2n) is 3.77. The van der Waals surface area contributed by atoms with Crippen LogP contribution in [0.3, 0.4) is 0 Å². The van der Waals surface area contributed by atoms with E-state index < -0.39 is 36.1 Å². The molecule has 0 aliphatic heterocycles. The van der Waals surface area contributed by atoms with Gasteiger partial charge in [0.2, 0.25) is 10.0 Å². The fourth-order valence-electron chi connectivity index (χ4n) is 1.53. The Hall–Kier alpha value is -0.770. The Kier molecular flexibility index (Phi) is 6.31. The first kappa shape index (κ1) is 17.3. The van der Waals surface area contributed by atoms with Gasteiger partial charge in [-0.1, -0.05) is 0 Å². The van der Waals surface area contributed by atoms with Gasteiger partial charge in [-0.3, -0.25) is 0 Å². The summed E-state index contributed by atoms with van der Waals surface area (Å²) in [4.78, 5) is -0.153. The fourth-order valence-corrected chi connectivity index (χ4v) is 3.66. The third-order valence-electron chi connectivity index (χ3n) is 2.45. The number of methoxy groups -OCH3 is 1. The number of ether oxygens (including phenoxy) is 1. The number of benzene rings is 1. The van der Waals surface area contributed by atoms with Crippen LogP contribution in [0.25, 0.3) is 0 Å². The van der Waals surface area contributed by atoms with Gasteiger partial charge in [0, 0.05) is 6.54 Å². The van der Waals surface area contributed by atoms with E-state index in [1.54, 1.807) is 0 Å². The molecule has 0 heterocycles. The van der Waals surface area contributed by atoms with Gasteiger partial charge >= 0.3 is 0 Å². The maximum atomic E-state index is 12.4. The Labute approximate surface area is 124 Å². The van der Waals surface area contributed by atoms with Crippen LogP contribution in [0.5, 0.6) is 5.75 Å². The molecule has 0 aromatic heterocycles. The first-order valence-corrected chi connectivity index (χ1v) is 7.79. The first-order valence-electron chi connectivity index (χ1n) is 5.55. The van der Waals surface area contributed by atoms with E-state index in [2.05, 4.69) is 15.9 Å². The number of aliphatic hydroxyl groups is 1. The van der Waals surface area contributed by atoms with Crippen LogP contribution in [0.2, 0.25) is 0 Å². The maximum Gasteiger partial charge on any atom is 0.252 e. The van der Waals surface area contributed by atoms with Crippen molar-refractivity contribution in [3.63, 3.8) is 0 Å². The van der Waals surface area contributed by atoms with Crippen molar-refractivity contribution in [2.75, 3.05) is 26.8 Å². The molecule has 0 saturated heterocycles. The van der Waals surface area contributed by atoms with E-state index in [1.165, 1.54) is 25.3 Å². The van der Waals surface area contributed by atoms with Crippen LogP contribution in [0, 0.1) is 0 Å². The molecule has 0 atom stereocenters. The van der Waals surface area contributed by atoms with E-state index in [9.17, 15) is 17.2 Å². The van der Waals surface area contributed by atoms with Gasteiger partial charge in [-0.05, 0) is 34.1 Å². The monoisotopic (exact) mass is 373 g/mol. The van der Waals surface area contributed by atoms with Gasteiger partial charge in [-0.15, -0.1) is 0 Å². The summed E-state index contributed by atoms with van der Waals surface area (Å²) < 4.78 is 55.2. The number of sulfonamides is 1. The summed E-state index contributed by atoms with van der Waals surface area (Å²) in [5, 5.41) is 8.82. The van der Waals surface area contributed by atoms with Gasteiger partial charge in [0.1, 0.15) is 5.75 Å². The number of aliphatic hydroxyl groups excluding tert-OH is 1. The molecule has 20 heavy (non-hydrogen) atoms. The van der Waals surface area contributed by atoms with E-state index in [0.29, 0.717) is 14.5 Å². The lowest BCUT2D eigenvalue weighted by Gasteiger charge is -2.21. The molecule has 0 aliphatic rings. The highest BCUT2D eigenvalue weighted by Crippen LogP contribution is 2.28. The van der Waals surface area contributed by atoms with Crippen molar-refractivity contribution in [3.05, 3.63) is 22.7 Å². The minimum Gasteiger partial charge on any atom is -0.496 e. The largest absolute Gasteiger partial charge is 0.496 e. The quantitative estimate of drug-likeness (QED) is 0.789. The summed E-state index contributed by atoms with van der Waals surface area (Å²) in [7, 11) is -2.68. The van der Waals surface area contributed by atoms with Crippen LogP contribution in [0.4, 0.5) is 8.78 Å². The molecule has 0 radical (unpaired) electrons. The Bertz CT molecular complexity index is 553. The molecule has 5 nitrogen and oxygen atoms in total. The van der Waals surface area contributed by atoms with Crippen LogP contribution in [0.1, 0.15) is 0 Å². The zero-order valence-corrected chi connectivity index (χ0v) is 13.0. The topological polar surface area (TPSA) is 66.8 Å². The third-order valence-corrected chi connectivity index (χ3v) is 4.93. The van der Waals surface area contributed by atoms with Crippen LogP contribution in [-0.2, 0) is 10.0 Å². The second kappa shape index (κ2) is 7.30. The van der Waals surface area contributed by atoms with Gasteiger partial charge in [-0.25, -0.2) is 17.2 Å². The lowest BCUT2D eigenvalue weighted by atomic mass is 10.3. The van der Waals surface area contributed by atoms with E-state index in [-0.39, 0.29) is 4.90 Å². The molecule has 9 heteroatoms. The number of halogens is 3. The number of hydrogen-bond acceptors (Lipinski definition) is 4. The maximum absolute atomic E-state index is 12.4. The predicted molar refractivity (Wildman–Crippen MR) is 72.5 cm³/mol. The normalized spacial score (nSPS) is 12.2. The Morgan fingerprint density at radius 2 is 2.10 bits per heavy atom. The first-order chi connectivity index (χ1) is 9.32. The van der Waals surface area contributed by atoms with E-state index in [4.69, 9.17) is 9.84 Å². The molecule has 1 N–H and O–H groups in total. The minimum absolute atomic E-state index is 0.153. The number of rotatable bonds is 7. The Balaban J connectivity index is 3.15. The van der Waals surface area contributed by atoms with Gasteiger partial charge in [0.25, 0.3) is 6.43 Å².